The molecule has 12 heteroatoms. The number of benzene rings is 2. The van der Waals surface area contributed by atoms with E-state index in [1.165, 1.54) is 0 Å². The molecule has 4 rings (SSSR count). The molecule has 280 valence electrons. The number of nitrogens with zero attached hydrogens (tertiary/aromatic N) is 1. The number of aliphatic hydroxyl groups excluding tert-OH is 1. The Labute approximate surface area is 300 Å². The molecule has 1 N–H and O–H groups in total. The first-order valence-electron chi connectivity index (χ1n) is 17.3. The maximum absolute atomic E-state index is 13.6. The zero-order valence-corrected chi connectivity index (χ0v) is 31.1. The Morgan fingerprint density at radius 1 is 1.00 bits per heavy atom. The summed E-state index contributed by atoms with van der Waals surface area (Å²) in [5.74, 6) is -3.31. The molecule has 0 radical (unpaired) electrons. The van der Waals surface area contributed by atoms with Gasteiger partial charge in [0.15, 0.2) is 12.4 Å². The molecule has 51 heavy (non-hydrogen) atoms. The van der Waals surface area contributed by atoms with Crippen LogP contribution in [0, 0.1) is 11.8 Å². The van der Waals surface area contributed by atoms with Crippen LogP contribution in [0.1, 0.15) is 75.1 Å². The van der Waals surface area contributed by atoms with Crippen LogP contribution in [-0.4, -0.2) is 104 Å². The van der Waals surface area contributed by atoms with E-state index in [0.717, 1.165) is 0 Å². The van der Waals surface area contributed by atoms with Crippen LogP contribution in [0.4, 0.5) is 0 Å². The van der Waals surface area contributed by atoms with Crippen molar-refractivity contribution in [3.63, 3.8) is 0 Å². The van der Waals surface area contributed by atoms with Crippen molar-refractivity contribution in [1.82, 2.24) is 4.90 Å². The summed E-state index contributed by atoms with van der Waals surface area (Å²) in [7, 11) is 5.28. The molecule has 0 spiro atoms. The quantitative estimate of drug-likeness (QED) is 0.193. The first kappa shape index (κ1) is 40.0. The molecule has 0 bridgehead atoms. The number of esters is 3. The summed E-state index contributed by atoms with van der Waals surface area (Å²) in [6, 6.07) is 16.9. The van der Waals surface area contributed by atoms with Gasteiger partial charge in [0.2, 0.25) is 5.79 Å². The average Bonchev–Trinajstić information content (AvgIpc) is 3.11. The number of likely N-dealkylation sites (N-methyl/N-ethyl adjacent to an activating group) is 1. The molecule has 12 nitrogen and oxygen atoms in total. The Hall–Kier alpha value is -3.81. The van der Waals surface area contributed by atoms with E-state index in [9.17, 15) is 19.5 Å². The van der Waals surface area contributed by atoms with Crippen molar-refractivity contribution in [1.29, 1.82) is 0 Å². The highest BCUT2D eigenvalue weighted by atomic mass is 16.7. The Bertz CT molecular complexity index is 1510. The fourth-order valence-corrected chi connectivity index (χ4v) is 6.70. The van der Waals surface area contributed by atoms with Gasteiger partial charge in [0, 0.05) is 33.5 Å². The lowest BCUT2D eigenvalue weighted by atomic mass is 9.80. The summed E-state index contributed by atoms with van der Waals surface area (Å²) in [5.41, 5.74) is -0.0486. The maximum atomic E-state index is 13.6. The summed E-state index contributed by atoms with van der Waals surface area (Å²) in [5, 5.41) is 10.1. The molecule has 2 aromatic rings. The first-order valence-corrected chi connectivity index (χ1v) is 17.3. The van der Waals surface area contributed by atoms with E-state index in [2.05, 4.69) is 0 Å². The third-order valence-corrected chi connectivity index (χ3v) is 9.46. The Morgan fingerprint density at radius 2 is 1.59 bits per heavy atom. The molecular formula is C39H53NO11. The van der Waals surface area contributed by atoms with Crippen molar-refractivity contribution in [3.8, 4) is 0 Å². The van der Waals surface area contributed by atoms with Gasteiger partial charge < -0.3 is 43.2 Å². The number of ether oxygens (including phenoxy) is 7. The van der Waals surface area contributed by atoms with Crippen LogP contribution < -0.4 is 0 Å². The van der Waals surface area contributed by atoms with Gasteiger partial charge in [0.05, 0.1) is 40.6 Å². The number of carbonyl (C=O) groups is 3. The lowest BCUT2D eigenvalue weighted by Crippen LogP contribution is -2.60. The molecule has 2 aliphatic heterocycles. The predicted molar refractivity (Wildman–Crippen MR) is 187 cm³/mol. The highest BCUT2D eigenvalue weighted by Crippen LogP contribution is 2.41. The molecule has 0 amide bonds. The number of hydrogen-bond acceptors (Lipinski definition) is 12. The number of methoxy groups -OCH3 is 1. The topological polar surface area (TPSA) is 139 Å². The van der Waals surface area contributed by atoms with Crippen LogP contribution in [0.15, 0.2) is 72.0 Å². The van der Waals surface area contributed by atoms with Gasteiger partial charge in [-0.2, -0.15) is 0 Å². The fourth-order valence-electron chi connectivity index (χ4n) is 6.70. The Morgan fingerprint density at radius 3 is 2.14 bits per heavy atom. The minimum atomic E-state index is -1.24. The smallest absolute Gasteiger partial charge is 0.340 e. The third kappa shape index (κ3) is 9.95. The summed E-state index contributed by atoms with van der Waals surface area (Å²) in [6.45, 7) is 10.3. The van der Waals surface area contributed by atoms with Crippen molar-refractivity contribution in [2.75, 3.05) is 34.4 Å². The summed E-state index contributed by atoms with van der Waals surface area (Å²) in [6.07, 6.45) is -2.99. The fraction of sp³-hybridized carbons (Fsp3) is 0.564. The van der Waals surface area contributed by atoms with Crippen molar-refractivity contribution >= 4 is 17.9 Å². The zero-order valence-electron chi connectivity index (χ0n) is 31.1. The normalized spacial score (nSPS) is 24.8. The monoisotopic (exact) mass is 711 g/mol. The summed E-state index contributed by atoms with van der Waals surface area (Å²) < 4.78 is 43.4. The summed E-state index contributed by atoms with van der Waals surface area (Å²) >= 11 is 0. The summed E-state index contributed by atoms with van der Waals surface area (Å²) in [4.78, 5) is 41.4. The minimum Gasteiger partial charge on any atom is -0.459 e. The molecule has 1 fully saturated rings. The van der Waals surface area contributed by atoms with Crippen LogP contribution in [0.2, 0.25) is 0 Å². The van der Waals surface area contributed by atoms with Gasteiger partial charge in [-0.3, -0.25) is 0 Å². The second-order valence-corrected chi connectivity index (χ2v) is 14.3. The highest BCUT2D eigenvalue weighted by molar-refractivity contribution is 5.90. The molecule has 0 aromatic heterocycles. The van der Waals surface area contributed by atoms with Gasteiger partial charge in [-0.25, -0.2) is 14.4 Å². The standard InChI is InChI=1S/C39H53NO11/c1-24(22-41)21-39(6,45-9)33(25(2)31-26(3)34(42)51-38(4,5)50-31)49-37-32(48-36(44)28-18-14-11-15-19-28)30(40(7)8)20-29(47-37)23-46-35(43)27-16-12-10-13-17-27/h10-19,24-25,29-30,32-33,37,41H,20-23H2,1-9H3/t24-,25+,29?,30?,32?,33-,37?,39-/m1/s1. The zero-order chi connectivity index (χ0) is 37.5. The van der Waals surface area contributed by atoms with Crippen LogP contribution in [0.3, 0.4) is 0 Å². The van der Waals surface area contributed by atoms with E-state index in [1.54, 1.807) is 76.4 Å². The number of rotatable bonds is 15. The van der Waals surface area contributed by atoms with Gasteiger partial charge in [-0.15, -0.1) is 0 Å². The molecule has 2 aliphatic rings. The van der Waals surface area contributed by atoms with Crippen molar-refractivity contribution < 1.29 is 52.6 Å². The second-order valence-electron chi connectivity index (χ2n) is 14.3. The lowest BCUT2D eigenvalue weighted by molar-refractivity contribution is -0.302. The molecule has 4 unspecified atom stereocenters. The van der Waals surface area contributed by atoms with E-state index in [-0.39, 0.29) is 24.7 Å². The first-order chi connectivity index (χ1) is 24.1. The molecule has 0 aliphatic carbocycles. The Balaban J connectivity index is 1.76. The predicted octanol–water partition coefficient (Wildman–Crippen LogP) is 5.14. The number of hydrogen-bond donors (Lipinski definition) is 1. The largest absolute Gasteiger partial charge is 0.459 e. The van der Waals surface area contributed by atoms with Gasteiger partial charge in [0.1, 0.15) is 12.4 Å². The lowest BCUT2D eigenvalue weighted by Gasteiger charge is -2.48. The van der Waals surface area contributed by atoms with Gasteiger partial charge in [-0.05, 0) is 71.0 Å². The minimum absolute atomic E-state index is 0.0893. The maximum Gasteiger partial charge on any atom is 0.340 e. The average molecular weight is 712 g/mol. The number of aliphatic hydroxyl groups is 1. The van der Waals surface area contributed by atoms with E-state index in [0.29, 0.717) is 29.7 Å². The molecular weight excluding hydrogens is 658 g/mol. The van der Waals surface area contributed by atoms with E-state index in [1.807, 2.05) is 51.9 Å². The molecule has 2 aromatic carbocycles. The van der Waals surface area contributed by atoms with Gasteiger partial charge in [0.25, 0.3) is 0 Å². The van der Waals surface area contributed by atoms with Crippen molar-refractivity contribution in [3.05, 3.63) is 83.1 Å². The SMILES string of the molecule is CO[C@](C)(C[C@@H](C)CO)[C@H](OC1OC(COC(=O)c2ccccc2)CC(N(C)C)C1OC(=O)c1ccccc1)[C@@H](C)C1=C(C)C(=O)OC(C)(C)O1. The van der Waals surface area contributed by atoms with Crippen molar-refractivity contribution in [2.24, 2.45) is 11.8 Å². The third-order valence-electron chi connectivity index (χ3n) is 9.46. The van der Waals surface area contributed by atoms with Crippen LogP contribution in [0.25, 0.3) is 0 Å². The second kappa shape index (κ2) is 17.1. The highest BCUT2D eigenvalue weighted by Gasteiger charge is 2.51. The van der Waals surface area contributed by atoms with Crippen molar-refractivity contribution in [2.45, 2.75) is 96.4 Å². The molecule has 0 saturated carbocycles. The van der Waals surface area contributed by atoms with Gasteiger partial charge >= 0.3 is 17.9 Å². The van der Waals surface area contributed by atoms with E-state index < -0.39 is 65.9 Å². The Kier molecular flexibility index (Phi) is 13.4. The van der Waals surface area contributed by atoms with Crippen LogP contribution >= 0.6 is 0 Å². The number of cyclic esters (lactones) is 1. The number of carbonyl (C=O) groups excluding carboxylic acids is 3. The van der Waals surface area contributed by atoms with E-state index >= 15 is 0 Å². The van der Waals surface area contributed by atoms with Crippen LogP contribution in [-0.2, 0) is 38.0 Å². The molecule has 8 atom stereocenters. The van der Waals surface area contributed by atoms with E-state index in [4.69, 9.17) is 33.2 Å². The molecule has 2 heterocycles. The van der Waals surface area contributed by atoms with Gasteiger partial charge in [-0.1, -0.05) is 50.2 Å². The molecule has 1 saturated heterocycles. The van der Waals surface area contributed by atoms with Crippen LogP contribution in [0.5, 0.6) is 0 Å².